The minimum atomic E-state index is -5.88. The van der Waals surface area contributed by atoms with E-state index < -0.39 is 256 Å². The van der Waals surface area contributed by atoms with Crippen LogP contribution in [0.15, 0.2) is 83.7 Å². The van der Waals surface area contributed by atoms with Crippen molar-refractivity contribution in [2.24, 2.45) is 0 Å². The zero-order chi connectivity index (χ0) is 100. The first-order valence-corrected chi connectivity index (χ1v) is 53.4. The molecule has 0 saturated carbocycles. The van der Waals surface area contributed by atoms with Gasteiger partial charge in [0.1, 0.15) is 127 Å². The van der Waals surface area contributed by atoms with E-state index in [-0.39, 0.29) is 116 Å². The predicted octanol–water partition coefficient (Wildman–Crippen LogP) is -0.703. The monoisotopic (exact) mass is 2120 g/mol. The SMILES string of the molecule is CC[C@H]1O[C@@H](n2cc(C)c(=O)[nH]c2=O)C[C@H]1OP(O)(=S)OC[C@H]1O[C@@H](n2cc(C)c(=O)[nH]c2=O)C[C@H]1OP(=O)(S)OC[C@H]1O[C@@H](n2cnc3c(N)ncnc32)C(OCCOC)[C@H]1OP(=O)(O)OC[C@H]1O[C@@H](n2cc(C)c(=O)[nH]c2=O)C(OCCOC)[C@H]1OP(=O)(O)OC[C@H]1O[C@@H](n2cnc3c(N)ncnc32)C(OCCOC)[C@H]1OP(O)(=S)OC[C@H]1O[C@@H](n2cc(C)c(N)nc2=O)C(OCCOC)[C@H]1O. The molecular weight excluding hydrogens is 2020 g/mol. The van der Waals surface area contributed by atoms with Crippen molar-refractivity contribution < 1.29 is 150 Å². The molecule has 14 rings (SSSR count). The zero-order valence-corrected chi connectivity index (χ0v) is 82.3. The third-order valence-corrected chi connectivity index (χ3v) is 29.5. The van der Waals surface area contributed by atoms with E-state index in [0.717, 1.165) is 37.1 Å². The van der Waals surface area contributed by atoms with Gasteiger partial charge >= 0.3 is 58.6 Å². The number of ether oxygens (including phenoxy) is 14. The van der Waals surface area contributed by atoms with Gasteiger partial charge in [0.25, 0.3) is 16.7 Å². The quantitative estimate of drug-likeness (QED) is 0.0127. The van der Waals surface area contributed by atoms with E-state index in [1.807, 2.05) is 0 Å². The molecule has 8 aromatic rings. The average Bonchev–Trinajstić information content (AvgIpc) is 1.82. The second-order valence-corrected chi connectivity index (χ2v) is 43.4. The molecule has 6 aliphatic rings. The van der Waals surface area contributed by atoms with E-state index >= 15 is 13.7 Å². The number of H-pyrrole nitrogens is 3. The van der Waals surface area contributed by atoms with E-state index in [9.17, 15) is 58.2 Å². The lowest BCUT2D eigenvalue weighted by molar-refractivity contribution is -0.0844. The number of nitrogens with two attached hydrogens (primary N) is 3. The number of nitrogens with one attached hydrogen (secondary N) is 3. The van der Waals surface area contributed by atoms with Crippen LogP contribution in [0.5, 0.6) is 0 Å². The molecule has 9 unspecified atom stereocenters. The summed E-state index contributed by atoms with van der Waals surface area (Å²) in [6.45, 7) is -13.2. The van der Waals surface area contributed by atoms with E-state index in [2.05, 4.69) is 62.1 Å². The Labute approximate surface area is 800 Å². The van der Waals surface area contributed by atoms with Gasteiger partial charge in [0.2, 0.25) is 0 Å². The second-order valence-electron chi connectivity index (χ2n) is 32.1. The molecule has 6 saturated heterocycles. The van der Waals surface area contributed by atoms with Gasteiger partial charge < -0.3 is 122 Å². The lowest BCUT2D eigenvalue weighted by atomic mass is 10.1. The first-order valence-electron chi connectivity index (χ1n) is 42.5. The third-order valence-electron chi connectivity index (χ3n) is 22.7. The number of hydrogen-bond donors (Lipinski definition) is 12. The van der Waals surface area contributed by atoms with Crippen LogP contribution in [0.4, 0.5) is 17.5 Å². The lowest BCUT2D eigenvalue weighted by Crippen LogP contribution is -2.42. The normalized spacial score (nSPS) is 29.4. The smallest absolute Gasteiger partial charge is 0.387 e. The number of nitrogens with zero attached hydrogens (tertiary/aromatic N) is 13. The standard InChI is InChI=1S/C73H104N19O39P5S3/c1-10-38-39(19-46(121-38)87-22-35(3)63(94)84-71(87)98)127-134(105,137)118-25-41-40(20-47(122-41)88-23-36(4)64(95)85-72(88)99)128-135(106,138)120-29-45-52(56(114-17-13-110-8)68(126-45)91-32-81-48-59(75)77-30-79-61(48)91)130-132(101,102)116-27-43-51(55(113-16-12-109-7)67(124-43)90-24-37(5)65(96)86-73(90)100)129-133(103,104)117-28-44-53(57(115-18-14-111-9)69(125-44)92-33-82-49-60(76)78-31-80-62(49)92)131-136(107,139)119-26-42-50(93)54(112-15-11-108-6)66(123-42)89-21-34(2)58(74)83-70(89)97/h21-24,30-33,38-47,50-57,66-69,93H,10-20,25-29H2,1-9H3,(H,101,102)(H,103,104)(H,105,137)(H,106,138)(H,107,139)(H2,74,83,97)(H2,75,77,79)(H2,76,78,80)(H,84,94,98)(H,85,95,99)(H,86,96,100)/t38-,39-,40-,41-,42-,43-,44-,45-,46-,47-,50+,51+,52+,53+,54?,55?,56?,57?,66-,67-,68-,69-,134?,135?,136?/m1/s1. The summed E-state index contributed by atoms with van der Waals surface area (Å²) in [6, 6.07) is 0. The van der Waals surface area contributed by atoms with Crippen LogP contribution in [-0.4, -0.2) is 314 Å². The number of imidazole rings is 2. The van der Waals surface area contributed by atoms with Crippen molar-refractivity contribution in [3.63, 3.8) is 0 Å². The molecule has 0 aromatic carbocycles. The van der Waals surface area contributed by atoms with E-state index in [4.69, 9.17) is 152 Å². The summed E-state index contributed by atoms with van der Waals surface area (Å²) >= 11 is 15.5. The Kier molecular flexibility index (Phi) is 35.5. The van der Waals surface area contributed by atoms with Gasteiger partial charge in [0.15, 0.2) is 47.8 Å². The molecule has 27 atom stereocenters. The van der Waals surface area contributed by atoms with Crippen LogP contribution in [0.25, 0.3) is 22.3 Å². The molecule has 0 spiro atoms. The number of rotatable bonds is 48. The highest BCUT2D eigenvalue weighted by atomic mass is 32.7. The number of fused-ring (bicyclic) bond motifs is 2. The number of methoxy groups -OCH3 is 4. The van der Waals surface area contributed by atoms with Gasteiger partial charge in [-0.25, -0.2) is 62.8 Å². The molecule has 768 valence electrons. The topological polar surface area (TPSA) is 739 Å². The number of anilines is 3. The van der Waals surface area contributed by atoms with E-state index in [0.29, 0.717) is 5.56 Å². The molecule has 14 heterocycles. The number of aromatic amines is 3. The maximum absolute atomic E-state index is 15.3. The van der Waals surface area contributed by atoms with Crippen LogP contribution < -0.4 is 56.6 Å². The van der Waals surface area contributed by atoms with E-state index in [1.165, 1.54) is 89.6 Å². The number of phosphoric ester groups is 2. The Balaban J connectivity index is 0.741. The van der Waals surface area contributed by atoms with Gasteiger partial charge in [-0.2, -0.15) is 4.98 Å². The molecule has 0 bridgehead atoms. The molecule has 6 aliphatic heterocycles. The zero-order valence-electron chi connectivity index (χ0n) is 75.3. The fourth-order valence-corrected chi connectivity index (χ4v) is 22.3. The van der Waals surface area contributed by atoms with Crippen molar-refractivity contribution in [3.05, 3.63) is 145 Å². The number of hydrogen-bond acceptors (Lipinski definition) is 47. The Morgan fingerprint density at radius 2 is 0.791 bits per heavy atom. The highest BCUT2D eigenvalue weighted by Gasteiger charge is 2.58. The maximum Gasteiger partial charge on any atom is 0.472 e. The highest BCUT2D eigenvalue weighted by Crippen LogP contribution is 2.60. The molecule has 58 nitrogen and oxygen atoms in total. The summed E-state index contributed by atoms with van der Waals surface area (Å²) in [5, 5.41) is 11.8. The lowest BCUT2D eigenvalue weighted by Gasteiger charge is -2.29. The number of nitrogen functional groups attached to an aromatic ring is 3. The summed E-state index contributed by atoms with van der Waals surface area (Å²) in [5.41, 5.74) is 13.1. The second kappa shape index (κ2) is 45.9. The fourth-order valence-electron chi connectivity index (χ4n) is 16.0. The fraction of sp³-hybridized carbons (Fsp3) is 0.644. The summed E-state index contributed by atoms with van der Waals surface area (Å²) in [7, 11) is -6.37. The average molecular weight is 2120 g/mol. The van der Waals surface area contributed by atoms with Crippen molar-refractivity contribution in [2.45, 2.75) is 189 Å². The number of aliphatic hydroxyl groups is 1. The van der Waals surface area contributed by atoms with Crippen molar-refractivity contribution >= 4 is 112 Å². The predicted molar refractivity (Wildman–Crippen MR) is 484 cm³/mol. The van der Waals surface area contributed by atoms with Gasteiger partial charge in [0, 0.05) is 88.3 Å². The first-order chi connectivity index (χ1) is 66.0. The van der Waals surface area contributed by atoms with Gasteiger partial charge in [-0.15, -0.1) is 0 Å². The molecule has 14 N–H and O–H groups in total. The number of aromatic nitrogens is 16. The molecule has 66 heteroatoms. The Hall–Kier alpha value is -7.40. The van der Waals surface area contributed by atoms with Crippen LogP contribution in [0.2, 0.25) is 0 Å². The molecule has 0 radical (unpaired) electrons. The largest absolute Gasteiger partial charge is 0.472 e. The molecule has 6 fully saturated rings. The number of aliphatic hydroxyl groups excluding tert-OH is 1. The van der Waals surface area contributed by atoms with Crippen molar-refractivity contribution in [3.8, 4) is 0 Å². The minimum Gasteiger partial charge on any atom is -0.387 e. The summed E-state index contributed by atoms with van der Waals surface area (Å²) in [5.74, 6) is -0.278. The Morgan fingerprint density at radius 1 is 0.424 bits per heavy atom. The van der Waals surface area contributed by atoms with Crippen LogP contribution in [0, 0.1) is 27.7 Å². The molecular formula is C73H104N19O39P5S3. The van der Waals surface area contributed by atoms with Crippen molar-refractivity contribution in [1.29, 1.82) is 0 Å². The van der Waals surface area contributed by atoms with E-state index in [1.54, 1.807) is 13.8 Å². The number of thiol groups is 1. The summed E-state index contributed by atoms with van der Waals surface area (Å²) in [6.07, 6.45) is -25.0. The maximum atomic E-state index is 15.3. The van der Waals surface area contributed by atoms with Crippen LogP contribution >= 0.6 is 48.1 Å². The van der Waals surface area contributed by atoms with Gasteiger partial charge in [-0.05, 0) is 57.7 Å². The minimum absolute atomic E-state index is 0.00615. The first kappa shape index (κ1) is 107. The summed E-state index contributed by atoms with van der Waals surface area (Å²) < 4.78 is 197. The van der Waals surface area contributed by atoms with Crippen LogP contribution in [0.3, 0.4) is 0 Å². The third kappa shape index (κ3) is 25.4. The van der Waals surface area contributed by atoms with Crippen LogP contribution in [-0.2, 0) is 149 Å². The number of aryl methyl sites for hydroxylation is 4. The molecule has 139 heavy (non-hydrogen) atoms. The van der Waals surface area contributed by atoms with Crippen molar-refractivity contribution in [1.82, 2.24) is 77.2 Å². The van der Waals surface area contributed by atoms with Gasteiger partial charge in [0.05, 0.1) is 111 Å². The molecule has 0 amide bonds. The van der Waals surface area contributed by atoms with Crippen molar-refractivity contribution in [2.75, 3.05) is 132 Å². The number of phosphoric acid groups is 2. The van der Waals surface area contributed by atoms with Gasteiger partial charge in [-0.1, -0.05) is 19.2 Å². The molecule has 8 aromatic heterocycles. The Morgan fingerprint density at radius 3 is 1.24 bits per heavy atom. The Bertz CT molecular complexity index is 6380. The molecule has 0 aliphatic carbocycles. The summed E-state index contributed by atoms with van der Waals surface area (Å²) in [4.78, 5) is 176. The van der Waals surface area contributed by atoms with Gasteiger partial charge in [-0.3, -0.25) is 88.4 Å². The highest BCUT2D eigenvalue weighted by molar-refractivity contribution is 8.44. The van der Waals surface area contributed by atoms with Crippen LogP contribution in [0.1, 0.15) is 85.8 Å².